The average molecular weight is 493 g/mol. The minimum absolute atomic E-state index is 0.00364. The number of ether oxygens (including phenoxy) is 2. The molecule has 0 saturated carbocycles. The number of benzene rings is 3. The highest BCUT2D eigenvalue weighted by Gasteiger charge is 2.35. The summed E-state index contributed by atoms with van der Waals surface area (Å²) in [5.41, 5.74) is 2.61. The molecule has 0 spiro atoms. The molecule has 8 nitrogen and oxygen atoms in total. The lowest BCUT2D eigenvalue weighted by Gasteiger charge is -2.14. The number of esters is 1. The Morgan fingerprint density at radius 2 is 1.66 bits per heavy atom. The fraction of sp³-hybridized carbons (Fsp3) is 0.154. The Bertz CT molecular complexity index is 1320. The Morgan fingerprint density at radius 3 is 2.31 bits per heavy atom. The van der Waals surface area contributed by atoms with Crippen LogP contribution in [0.5, 0.6) is 5.75 Å². The van der Waals surface area contributed by atoms with Crippen molar-refractivity contribution in [3.63, 3.8) is 0 Å². The van der Waals surface area contributed by atoms with Crippen LogP contribution >= 0.6 is 11.6 Å². The summed E-state index contributed by atoms with van der Waals surface area (Å²) < 4.78 is 10.4. The second-order valence-corrected chi connectivity index (χ2v) is 8.28. The summed E-state index contributed by atoms with van der Waals surface area (Å²) in [6.07, 6.45) is 0. The number of halogens is 1. The predicted molar refractivity (Wildman–Crippen MR) is 129 cm³/mol. The van der Waals surface area contributed by atoms with Crippen LogP contribution in [0.1, 0.15) is 42.2 Å². The van der Waals surface area contributed by atoms with E-state index < -0.39 is 18.5 Å². The highest BCUT2D eigenvalue weighted by molar-refractivity contribution is 6.31. The number of amides is 3. The van der Waals surface area contributed by atoms with Crippen molar-refractivity contribution < 1.29 is 28.7 Å². The number of nitrogens with one attached hydrogen (secondary N) is 1. The number of fused-ring (bicyclic) bond motifs is 1. The summed E-state index contributed by atoms with van der Waals surface area (Å²) in [6, 6.07) is 16.2. The van der Waals surface area contributed by atoms with Crippen LogP contribution in [0.15, 0.2) is 60.7 Å². The van der Waals surface area contributed by atoms with E-state index in [-0.39, 0.29) is 23.9 Å². The van der Waals surface area contributed by atoms with E-state index >= 15 is 0 Å². The van der Waals surface area contributed by atoms with Gasteiger partial charge in [-0.1, -0.05) is 35.9 Å². The lowest BCUT2D eigenvalue weighted by molar-refractivity contribution is -0.119. The van der Waals surface area contributed by atoms with E-state index in [0.717, 1.165) is 10.5 Å². The van der Waals surface area contributed by atoms with E-state index in [1.54, 1.807) is 55.5 Å². The molecule has 0 atom stereocenters. The van der Waals surface area contributed by atoms with Gasteiger partial charge in [-0.15, -0.1) is 0 Å². The number of carbonyl (C=O) groups excluding carboxylic acids is 4. The van der Waals surface area contributed by atoms with Gasteiger partial charge in [-0.05, 0) is 48.4 Å². The molecular weight excluding hydrogens is 472 g/mol. The number of anilines is 1. The fourth-order valence-corrected chi connectivity index (χ4v) is 3.85. The molecule has 1 N–H and O–H groups in total. The van der Waals surface area contributed by atoms with E-state index in [9.17, 15) is 19.2 Å². The first kappa shape index (κ1) is 24.0. The molecule has 0 unspecified atom stereocenters. The Hall–Kier alpha value is -4.17. The van der Waals surface area contributed by atoms with Crippen molar-refractivity contribution in [3.8, 4) is 5.75 Å². The third-order valence-corrected chi connectivity index (χ3v) is 5.88. The van der Waals surface area contributed by atoms with Crippen LogP contribution in [0, 0.1) is 6.92 Å². The van der Waals surface area contributed by atoms with Crippen molar-refractivity contribution in [2.75, 3.05) is 19.0 Å². The van der Waals surface area contributed by atoms with Crippen LogP contribution in [0.2, 0.25) is 5.02 Å². The molecule has 9 heteroatoms. The molecule has 4 rings (SSSR count). The smallest absolute Gasteiger partial charge is 0.338 e. The first-order valence-electron chi connectivity index (χ1n) is 10.6. The Morgan fingerprint density at radius 1 is 0.971 bits per heavy atom. The van der Waals surface area contributed by atoms with Crippen LogP contribution in [0.3, 0.4) is 0 Å². The molecular formula is C26H21ClN2O6. The van der Waals surface area contributed by atoms with Gasteiger partial charge in [0.15, 0.2) is 6.61 Å². The predicted octanol–water partition coefficient (Wildman–Crippen LogP) is 4.25. The minimum atomic E-state index is -0.719. The summed E-state index contributed by atoms with van der Waals surface area (Å²) in [4.78, 5) is 51.2. The summed E-state index contributed by atoms with van der Waals surface area (Å²) in [6.45, 7) is 1.27. The molecule has 1 aliphatic heterocycles. The van der Waals surface area contributed by atoms with E-state index in [0.29, 0.717) is 33.1 Å². The number of hydrogen-bond acceptors (Lipinski definition) is 6. The Kier molecular flexibility index (Phi) is 6.84. The zero-order valence-corrected chi connectivity index (χ0v) is 19.7. The van der Waals surface area contributed by atoms with Gasteiger partial charge in [-0.3, -0.25) is 19.3 Å². The molecule has 35 heavy (non-hydrogen) atoms. The molecule has 3 aromatic rings. The summed E-state index contributed by atoms with van der Waals surface area (Å²) in [7, 11) is 1.45. The number of rotatable bonds is 7. The van der Waals surface area contributed by atoms with Crippen molar-refractivity contribution in [1.29, 1.82) is 0 Å². The quantitative estimate of drug-likeness (QED) is 0.391. The topological polar surface area (TPSA) is 102 Å². The zero-order valence-electron chi connectivity index (χ0n) is 19.0. The van der Waals surface area contributed by atoms with Gasteiger partial charge >= 0.3 is 5.97 Å². The lowest BCUT2D eigenvalue weighted by atomic mass is 10.1. The van der Waals surface area contributed by atoms with Crippen LogP contribution < -0.4 is 10.1 Å². The van der Waals surface area contributed by atoms with Crippen LogP contribution in [-0.4, -0.2) is 42.3 Å². The third kappa shape index (κ3) is 5.02. The summed E-state index contributed by atoms with van der Waals surface area (Å²) >= 11 is 6.08. The number of hydrogen-bond donors (Lipinski definition) is 1. The Labute approximate surface area is 206 Å². The average Bonchev–Trinajstić information content (AvgIpc) is 3.09. The first-order valence-corrected chi connectivity index (χ1v) is 11.0. The summed E-state index contributed by atoms with van der Waals surface area (Å²) in [5, 5.41) is 3.13. The molecule has 0 aromatic heterocycles. The molecule has 0 saturated heterocycles. The highest BCUT2D eigenvalue weighted by atomic mass is 35.5. The standard InChI is InChI=1S/C26H21ClN2O6/c1-15-10-21(22(34-2)12-20(15)27)28-23(30)14-35-26(33)17-7-5-6-16(11-17)13-29-24(31)18-8-3-4-9-19(18)25(29)32/h3-12H,13-14H2,1-2H3,(H,28,30). The zero-order chi connectivity index (χ0) is 25.1. The molecule has 3 aromatic carbocycles. The molecule has 178 valence electrons. The van der Waals surface area contributed by atoms with Gasteiger partial charge in [0.05, 0.1) is 36.0 Å². The lowest BCUT2D eigenvalue weighted by Crippen LogP contribution is -2.29. The molecule has 3 amide bonds. The van der Waals surface area contributed by atoms with Crippen molar-refractivity contribution in [2.24, 2.45) is 0 Å². The minimum Gasteiger partial charge on any atom is -0.495 e. The maximum absolute atomic E-state index is 12.6. The molecule has 1 heterocycles. The number of carbonyl (C=O) groups is 4. The second kappa shape index (κ2) is 9.99. The van der Waals surface area contributed by atoms with Crippen molar-refractivity contribution >= 4 is 41.0 Å². The van der Waals surface area contributed by atoms with Gasteiger partial charge in [-0.2, -0.15) is 0 Å². The number of imide groups is 1. The number of nitrogens with zero attached hydrogens (tertiary/aromatic N) is 1. The van der Waals surface area contributed by atoms with Gasteiger partial charge < -0.3 is 14.8 Å². The fourth-order valence-electron chi connectivity index (χ4n) is 3.69. The SMILES string of the molecule is COc1cc(Cl)c(C)cc1NC(=O)COC(=O)c1cccc(CN2C(=O)c3ccccc3C2=O)c1. The normalized spacial score (nSPS) is 12.4. The van der Waals surface area contributed by atoms with Gasteiger partial charge in [0.1, 0.15) is 5.75 Å². The number of aryl methyl sites for hydroxylation is 1. The molecule has 0 fully saturated rings. The van der Waals surface area contributed by atoms with Crippen molar-refractivity contribution in [1.82, 2.24) is 4.90 Å². The molecule has 0 bridgehead atoms. The van der Waals surface area contributed by atoms with Crippen molar-refractivity contribution in [3.05, 3.63) is 93.5 Å². The van der Waals surface area contributed by atoms with Crippen LogP contribution in [0.25, 0.3) is 0 Å². The van der Waals surface area contributed by atoms with Gasteiger partial charge in [-0.25, -0.2) is 4.79 Å². The monoisotopic (exact) mass is 492 g/mol. The van der Waals surface area contributed by atoms with E-state index in [1.807, 2.05) is 0 Å². The summed E-state index contributed by atoms with van der Waals surface area (Å²) in [5.74, 6) is -1.67. The Balaban J connectivity index is 1.38. The van der Waals surface area contributed by atoms with Crippen LogP contribution in [0.4, 0.5) is 5.69 Å². The first-order chi connectivity index (χ1) is 16.8. The van der Waals surface area contributed by atoms with Crippen LogP contribution in [-0.2, 0) is 16.1 Å². The molecule has 0 aliphatic carbocycles. The molecule has 1 aliphatic rings. The van der Waals surface area contributed by atoms with E-state index in [2.05, 4.69) is 5.32 Å². The van der Waals surface area contributed by atoms with E-state index in [4.69, 9.17) is 21.1 Å². The van der Waals surface area contributed by atoms with Gasteiger partial charge in [0, 0.05) is 11.1 Å². The maximum Gasteiger partial charge on any atom is 0.338 e. The second-order valence-electron chi connectivity index (χ2n) is 7.87. The van der Waals surface area contributed by atoms with Gasteiger partial charge in [0.25, 0.3) is 17.7 Å². The number of methoxy groups -OCH3 is 1. The van der Waals surface area contributed by atoms with E-state index in [1.165, 1.54) is 19.2 Å². The molecule has 0 radical (unpaired) electrons. The maximum atomic E-state index is 12.6. The van der Waals surface area contributed by atoms with Gasteiger partial charge in [0.2, 0.25) is 0 Å². The largest absolute Gasteiger partial charge is 0.495 e. The van der Waals surface area contributed by atoms with Crippen molar-refractivity contribution in [2.45, 2.75) is 13.5 Å². The highest BCUT2D eigenvalue weighted by Crippen LogP contribution is 2.31. The third-order valence-electron chi connectivity index (χ3n) is 5.47.